The predicted molar refractivity (Wildman–Crippen MR) is 77.6 cm³/mol. The molecule has 0 aromatic rings. The first-order valence-corrected chi connectivity index (χ1v) is 8.12. The molecular weight excluding hydrogens is 254 g/mol. The van der Waals surface area contributed by atoms with E-state index in [2.05, 4.69) is 11.0 Å². The second-order valence-corrected chi connectivity index (χ2v) is 6.27. The van der Waals surface area contributed by atoms with E-state index in [0.717, 1.165) is 65.1 Å². The molecule has 2 saturated heterocycles. The summed E-state index contributed by atoms with van der Waals surface area (Å²) >= 11 is 0. The van der Waals surface area contributed by atoms with Crippen molar-refractivity contribution < 1.29 is 14.2 Å². The minimum absolute atomic E-state index is 0.396. The van der Waals surface area contributed by atoms with Gasteiger partial charge in [0.05, 0.1) is 25.6 Å². The summed E-state index contributed by atoms with van der Waals surface area (Å²) in [6.45, 7) is 6.08. The molecule has 0 saturated carbocycles. The van der Waals surface area contributed by atoms with E-state index in [0.29, 0.717) is 18.1 Å². The van der Waals surface area contributed by atoms with Crippen molar-refractivity contribution in [2.75, 3.05) is 39.5 Å². The molecule has 0 radical (unpaired) electrons. The van der Waals surface area contributed by atoms with E-state index in [1.165, 1.54) is 6.42 Å². The van der Waals surface area contributed by atoms with Crippen LogP contribution in [0.5, 0.6) is 0 Å². The normalized spacial score (nSPS) is 32.4. The molecule has 3 heterocycles. The van der Waals surface area contributed by atoms with Gasteiger partial charge in [-0.05, 0) is 38.2 Å². The summed E-state index contributed by atoms with van der Waals surface area (Å²) < 4.78 is 17.1. The Morgan fingerprint density at radius 1 is 1.15 bits per heavy atom. The summed E-state index contributed by atoms with van der Waals surface area (Å²) in [5.74, 6) is 0.635. The van der Waals surface area contributed by atoms with Gasteiger partial charge in [0.1, 0.15) is 6.10 Å². The van der Waals surface area contributed by atoms with Crippen molar-refractivity contribution in [3.8, 4) is 0 Å². The molecule has 2 fully saturated rings. The maximum Gasteiger partial charge on any atom is 0.111 e. The zero-order valence-electron chi connectivity index (χ0n) is 12.3. The highest BCUT2D eigenvalue weighted by molar-refractivity contribution is 4.84. The van der Waals surface area contributed by atoms with Gasteiger partial charge in [0, 0.05) is 32.2 Å². The average Bonchev–Trinajstić information content (AvgIpc) is 3.01. The average molecular weight is 281 g/mol. The molecule has 0 N–H and O–H groups in total. The highest BCUT2D eigenvalue weighted by atomic mass is 16.5. The van der Waals surface area contributed by atoms with Gasteiger partial charge in [0.25, 0.3) is 0 Å². The van der Waals surface area contributed by atoms with E-state index in [9.17, 15) is 0 Å². The Kier molecular flexibility index (Phi) is 5.34. The molecule has 0 aromatic heterocycles. The Bertz CT molecular complexity index is 307. The minimum atomic E-state index is 0.396. The molecule has 0 aromatic carbocycles. The maximum atomic E-state index is 6.06. The van der Waals surface area contributed by atoms with Gasteiger partial charge in [0.2, 0.25) is 0 Å². The van der Waals surface area contributed by atoms with Crippen LogP contribution in [-0.4, -0.2) is 56.6 Å². The van der Waals surface area contributed by atoms with Crippen LogP contribution in [0, 0.1) is 5.92 Å². The molecule has 114 valence electrons. The van der Waals surface area contributed by atoms with Gasteiger partial charge in [-0.3, -0.25) is 4.90 Å². The SMILES string of the molecule is C1=CO[C@@H](CN2CCC(OC[C@H]3CCOC3)CC2)CC1. The Hall–Kier alpha value is -0.580. The van der Waals surface area contributed by atoms with E-state index < -0.39 is 0 Å². The quantitative estimate of drug-likeness (QED) is 0.773. The molecule has 4 heteroatoms. The number of ether oxygens (including phenoxy) is 3. The number of hydrogen-bond acceptors (Lipinski definition) is 4. The molecule has 2 atom stereocenters. The van der Waals surface area contributed by atoms with E-state index >= 15 is 0 Å². The first kappa shape index (κ1) is 14.4. The Labute approximate surface area is 122 Å². The van der Waals surface area contributed by atoms with Crippen LogP contribution in [0.2, 0.25) is 0 Å². The van der Waals surface area contributed by atoms with Gasteiger partial charge in [-0.1, -0.05) is 0 Å². The molecule has 0 spiro atoms. The highest BCUT2D eigenvalue weighted by Gasteiger charge is 2.24. The van der Waals surface area contributed by atoms with Gasteiger partial charge >= 0.3 is 0 Å². The number of hydrogen-bond donors (Lipinski definition) is 0. The van der Waals surface area contributed by atoms with Crippen molar-refractivity contribution in [1.82, 2.24) is 4.90 Å². The third-order valence-electron chi connectivity index (χ3n) is 4.61. The summed E-state index contributed by atoms with van der Waals surface area (Å²) in [5.41, 5.74) is 0. The summed E-state index contributed by atoms with van der Waals surface area (Å²) in [4.78, 5) is 2.53. The number of piperidine rings is 1. The Morgan fingerprint density at radius 2 is 2.05 bits per heavy atom. The van der Waals surface area contributed by atoms with Crippen LogP contribution in [0.25, 0.3) is 0 Å². The second kappa shape index (κ2) is 7.43. The fourth-order valence-corrected chi connectivity index (χ4v) is 3.25. The van der Waals surface area contributed by atoms with Crippen molar-refractivity contribution in [1.29, 1.82) is 0 Å². The number of nitrogens with zero attached hydrogens (tertiary/aromatic N) is 1. The molecule has 3 aliphatic rings. The number of likely N-dealkylation sites (tertiary alicyclic amines) is 1. The van der Waals surface area contributed by atoms with E-state index in [1.807, 2.05) is 6.26 Å². The minimum Gasteiger partial charge on any atom is -0.497 e. The van der Waals surface area contributed by atoms with Crippen molar-refractivity contribution in [2.45, 2.75) is 44.3 Å². The monoisotopic (exact) mass is 281 g/mol. The molecule has 0 amide bonds. The third-order valence-corrected chi connectivity index (χ3v) is 4.61. The molecule has 20 heavy (non-hydrogen) atoms. The van der Waals surface area contributed by atoms with Crippen LogP contribution in [-0.2, 0) is 14.2 Å². The lowest BCUT2D eigenvalue weighted by molar-refractivity contribution is -0.0194. The smallest absolute Gasteiger partial charge is 0.111 e. The fraction of sp³-hybridized carbons (Fsp3) is 0.875. The molecule has 4 nitrogen and oxygen atoms in total. The van der Waals surface area contributed by atoms with Crippen molar-refractivity contribution in [3.05, 3.63) is 12.3 Å². The molecule has 0 bridgehead atoms. The topological polar surface area (TPSA) is 30.9 Å². The summed E-state index contributed by atoms with van der Waals surface area (Å²) in [7, 11) is 0. The van der Waals surface area contributed by atoms with Gasteiger partial charge in [-0.25, -0.2) is 0 Å². The van der Waals surface area contributed by atoms with Crippen LogP contribution in [0.4, 0.5) is 0 Å². The Balaban J connectivity index is 1.31. The molecular formula is C16H27NO3. The first-order valence-electron chi connectivity index (χ1n) is 8.12. The van der Waals surface area contributed by atoms with Crippen molar-refractivity contribution in [3.63, 3.8) is 0 Å². The lowest BCUT2D eigenvalue weighted by atomic mass is 10.1. The van der Waals surface area contributed by atoms with Crippen LogP contribution in [0.1, 0.15) is 32.1 Å². The molecule has 0 aliphatic carbocycles. The summed E-state index contributed by atoms with van der Waals surface area (Å²) in [6.07, 6.45) is 10.7. The van der Waals surface area contributed by atoms with Gasteiger partial charge in [-0.15, -0.1) is 0 Å². The molecule has 0 unspecified atom stereocenters. The van der Waals surface area contributed by atoms with E-state index in [-0.39, 0.29) is 0 Å². The fourth-order valence-electron chi connectivity index (χ4n) is 3.25. The number of rotatable bonds is 5. The van der Waals surface area contributed by atoms with Gasteiger partial charge < -0.3 is 14.2 Å². The third kappa shape index (κ3) is 4.21. The molecule has 3 rings (SSSR count). The maximum absolute atomic E-state index is 6.06. The first-order chi connectivity index (χ1) is 9.90. The zero-order valence-corrected chi connectivity index (χ0v) is 12.3. The lowest BCUT2D eigenvalue weighted by Crippen LogP contribution is -2.42. The van der Waals surface area contributed by atoms with Gasteiger partial charge in [0.15, 0.2) is 0 Å². The lowest BCUT2D eigenvalue weighted by Gasteiger charge is -2.34. The Morgan fingerprint density at radius 3 is 2.75 bits per heavy atom. The predicted octanol–water partition coefficient (Wildman–Crippen LogP) is 2.20. The van der Waals surface area contributed by atoms with Crippen molar-refractivity contribution in [2.24, 2.45) is 5.92 Å². The van der Waals surface area contributed by atoms with Crippen LogP contribution < -0.4 is 0 Å². The largest absolute Gasteiger partial charge is 0.497 e. The zero-order chi connectivity index (χ0) is 13.6. The van der Waals surface area contributed by atoms with Crippen LogP contribution in [0.3, 0.4) is 0 Å². The molecule has 3 aliphatic heterocycles. The van der Waals surface area contributed by atoms with E-state index in [1.54, 1.807) is 0 Å². The summed E-state index contributed by atoms with van der Waals surface area (Å²) in [6, 6.07) is 0. The van der Waals surface area contributed by atoms with Crippen molar-refractivity contribution >= 4 is 0 Å². The highest BCUT2D eigenvalue weighted by Crippen LogP contribution is 2.19. The van der Waals surface area contributed by atoms with Crippen LogP contribution >= 0.6 is 0 Å². The van der Waals surface area contributed by atoms with Gasteiger partial charge in [-0.2, -0.15) is 0 Å². The van der Waals surface area contributed by atoms with Crippen LogP contribution in [0.15, 0.2) is 12.3 Å². The summed E-state index contributed by atoms with van der Waals surface area (Å²) in [5, 5.41) is 0. The standard InChI is InChI=1S/C16H27NO3/c1-2-9-19-16(3-1)11-17-7-4-15(5-8-17)20-13-14-6-10-18-12-14/h2,9,14-16H,1,3-8,10-13H2/t14-,16+/m0/s1. The number of allylic oxidation sites excluding steroid dienone is 1. The van der Waals surface area contributed by atoms with E-state index in [4.69, 9.17) is 14.2 Å². The second-order valence-electron chi connectivity index (χ2n) is 6.27.